The fourth-order valence-electron chi connectivity index (χ4n) is 3.47. The molecular formula is C22H29N3O3S. The lowest BCUT2D eigenvalue weighted by molar-refractivity contribution is -0.116. The van der Waals surface area contributed by atoms with E-state index in [0.29, 0.717) is 16.4 Å². The van der Waals surface area contributed by atoms with Crippen LogP contribution in [0.3, 0.4) is 0 Å². The molecule has 156 valence electrons. The van der Waals surface area contributed by atoms with Crippen LogP contribution in [0.1, 0.15) is 53.5 Å². The van der Waals surface area contributed by atoms with E-state index in [1.54, 1.807) is 18.2 Å². The molecule has 7 heteroatoms. The maximum atomic E-state index is 12.4. The number of amides is 1. The van der Waals surface area contributed by atoms with Gasteiger partial charge in [-0.25, -0.2) is 4.98 Å². The van der Waals surface area contributed by atoms with Gasteiger partial charge >= 0.3 is 0 Å². The molecule has 0 radical (unpaired) electrons. The van der Waals surface area contributed by atoms with Crippen LogP contribution < -0.4 is 10.1 Å². The van der Waals surface area contributed by atoms with Gasteiger partial charge in [0.05, 0.1) is 18.4 Å². The van der Waals surface area contributed by atoms with Gasteiger partial charge in [0.25, 0.3) is 0 Å². The average molecular weight is 416 g/mol. The number of rotatable bonds is 8. The summed E-state index contributed by atoms with van der Waals surface area (Å²) in [6.07, 6.45) is 2.73. The number of benzene rings is 1. The van der Waals surface area contributed by atoms with Crippen LogP contribution in [0.15, 0.2) is 24.3 Å². The smallest absolute Gasteiger partial charge is 0.226 e. The van der Waals surface area contributed by atoms with E-state index in [1.165, 1.54) is 36.2 Å². The van der Waals surface area contributed by atoms with Gasteiger partial charge in [0.2, 0.25) is 5.91 Å². The Morgan fingerprint density at radius 3 is 2.69 bits per heavy atom. The fourth-order valence-corrected chi connectivity index (χ4v) is 4.49. The van der Waals surface area contributed by atoms with Crippen molar-refractivity contribution in [2.24, 2.45) is 5.92 Å². The Bertz CT molecular complexity index is 857. The van der Waals surface area contributed by atoms with Crippen molar-refractivity contribution < 1.29 is 14.3 Å². The zero-order valence-electron chi connectivity index (χ0n) is 17.4. The second-order valence-electron chi connectivity index (χ2n) is 7.66. The number of piperidine rings is 1. The van der Waals surface area contributed by atoms with Crippen LogP contribution in [0.2, 0.25) is 0 Å². The summed E-state index contributed by atoms with van der Waals surface area (Å²) in [6, 6.07) is 7.07. The first kappa shape index (κ1) is 21.5. The maximum Gasteiger partial charge on any atom is 0.226 e. The highest BCUT2D eigenvalue weighted by Crippen LogP contribution is 2.26. The predicted molar refractivity (Wildman–Crippen MR) is 116 cm³/mol. The highest BCUT2D eigenvalue weighted by Gasteiger charge is 2.19. The second-order valence-corrected chi connectivity index (χ2v) is 8.74. The molecular weight excluding hydrogens is 386 g/mol. The molecule has 2 aromatic rings. The molecule has 0 atom stereocenters. The van der Waals surface area contributed by atoms with Crippen LogP contribution in [0.25, 0.3) is 0 Å². The average Bonchev–Trinajstić information content (AvgIpc) is 3.06. The first-order valence-corrected chi connectivity index (χ1v) is 10.9. The number of ketones is 1. The van der Waals surface area contributed by atoms with Crippen LogP contribution in [0.4, 0.5) is 5.13 Å². The van der Waals surface area contributed by atoms with E-state index in [9.17, 15) is 9.59 Å². The van der Waals surface area contributed by atoms with Gasteiger partial charge in [-0.05, 0) is 50.9 Å². The first-order valence-electron chi connectivity index (χ1n) is 10.1. The van der Waals surface area contributed by atoms with Crippen LogP contribution in [-0.4, -0.2) is 41.8 Å². The number of aryl methyl sites for hydroxylation is 1. The largest absolute Gasteiger partial charge is 0.496 e. The number of para-hydroxylation sites is 1. The third-order valence-corrected chi connectivity index (χ3v) is 6.43. The summed E-state index contributed by atoms with van der Waals surface area (Å²) in [5.41, 5.74) is 1.47. The third-order valence-electron chi connectivity index (χ3n) is 5.37. The van der Waals surface area contributed by atoms with Crippen molar-refractivity contribution in [2.75, 3.05) is 25.5 Å². The Kier molecular flexibility index (Phi) is 7.39. The number of hydrogen-bond acceptors (Lipinski definition) is 6. The van der Waals surface area contributed by atoms with E-state index in [-0.39, 0.29) is 24.5 Å². The molecule has 2 heterocycles. The summed E-state index contributed by atoms with van der Waals surface area (Å²) in [6.45, 7) is 7.41. The molecule has 0 spiro atoms. The number of Topliss-reactive ketones (excluding diaryl/α,β-unsaturated/α-hetero) is 1. The van der Waals surface area contributed by atoms with Gasteiger partial charge in [-0.1, -0.05) is 19.1 Å². The molecule has 1 saturated heterocycles. The molecule has 1 amide bonds. The van der Waals surface area contributed by atoms with Crippen molar-refractivity contribution in [2.45, 2.75) is 46.1 Å². The molecule has 1 fully saturated rings. The fraction of sp³-hybridized carbons (Fsp3) is 0.500. The van der Waals surface area contributed by atoms with Crippen molar-refractivity contribution in [3.63, 3.8) is 0 Å². The van der Waals surface area contributed by atoms with Crippen molar-refractivity contribution in [1.82, 2.24) is 9.88 Å². The molecule has 1 N–H and O–H groups in total. The Balaban J connectivity index is 1.51. The lowest BCUT2D eigenvalue weighted by atomic mass is 9.99. The van der Waals surface area contributed by atoms with Crippen LogP contribution >= 0.6 is 11.3 Å². The summed E-state index contributed by atoms with van der Waals surface area (Å²) in [4.78, 5) is 32.9. The minimum absolute atomic E-state index is 0.104. The van der Waals surface area contributed by atoms with Gasteiger partial charge in [0.1, 0.15) is 5.75 Å². The molecule has 1 aliphatic rings. The van der Waals surface area contributed by atoms with Crippen LogP contribution in [-0.2, 0) is 11.3 Å². The van der Waals surface area contributed by atoms with Crippen molar-refractivity contribution >= 4 is 28.2 Å². The topological polar surface area (TPSA) is 71.5 Å². The highest BCUT2D eigenvalue weighted by molar-refractivity contribution is 7.15. The molecule has 1 aromatic carbocycles. The van der Waals surface area contributed by atoms with Crippen molar-refractivity contribution in [1.29, 1.82) is 0 Å². The number of nitrogens with zero attached hydrogens (tertiary/aromatic N) is 2. The Morgan fingerprint density at radius 1 is 1.24 bits per heavy atom. The summed E-state index contributed by atoms with van der Waals surface area (Å²) < 4.78 is 5.22. The standard InChI is InChI=1S/C22H29N3O3S/c1-15-10-12-25(13-11-15)14-20-16(2)23-22(29-20)24-21(27)9-8-18(26)17-6-4-5-7-19(17)28-3/h4-7,15H,8-14H2,1-3H3,(H,23,24,27). The Labute approximate surface area is 176 Å². The summed E-state index contributed by atoms with van der Waals surface area (Å²) >= 11 is 1.53. The summed E-state index contributed by atoms with van der Waals surface area (Å²) in [7, 11) is 1.53. The maximum absolute atomic E-state index is 12.4. The number of aromatic nitrogens is 1. The van der Waals surface area contributed by atoms with Gasteiger partial charge in [-0.3, -0.25) is 14.5 Å². The van der Waals surface area contributed by atoms with Gasteiger partial charge in [0.15, 0.2) is 10.9 Å². The van der Waals surface area contributed by atoms with E-state index in [4.69, 9.17) is 4.74 Å². The third kappa shape index (κ3) is 5.87. The molecule has 29 heavy (non-hydrogen) atoms. The van der Waals surface area contributed by atoms with E-state index >= 15 is 0 Å². The van der Waals surface area contributed by atoms with Gasteiger partial charge in [0, 0.05) is 24.3 Å². The van der Waals surface area contributed by atoms with Crippen molar-refractivity contribution in [3.05, 3.63) is 40.4 Å². The Morgan fingerprint density at radius 2 is 1.97 bits per heavy atom. The lowest BCUT2D eigenvalue weighted by Gasteiger charge is -2.29. The zero-order chi connectivity index (χ0) is 20.8. The van der Waals surface area contributed by atoms with Gasteiger partial charge in [-0.15, -0.1) is 11.3 Å². The number of ether oxygens (including phenoxy) is 1. The monoisotopic (exact) mass is 415 g/mol. The number of thiazole rings is 1. The quantitative estimate of drug-likeness (QED) is 0.651. The highest BCUT2D eigenvalue weighted by atomic mass is 32.1. The molecule has 3 rings (SSSR count). The van der Waals surface area contributed by atoms with E-state index < -0.39 is 0 Å². The van der Waals surface area contributed by atoms with Crippen molar-refractivity contribution in [3.8, 4) is 5.75 Å². The molecule has 1 aromatic heterocycles. The van der Waals surface area contributed by atoms with Gasteiger partial charge in [-0.2, -0.15) is 0 Å². The number of carbonyl (C=O) groups excluding carboxylic acids is 2. The molecule has 6 nitrogen and oxygen atoms in total. The van der Waals surface area contributed by atoms with Gasteiger partial charge < -0.3 is 10.1 Å². The van der Waals surface area contributed by atoms with E-state index in [0.717, 1.165) is 31.2 Å². The second kappa shape index (κ2) is 9.98. The Hall–Kier alpha value is -2.25. The number of likely N-dealkylation sites (tertiary alicyclic amines) is 1. The number of nitrogens with one attached hydrogen (secondary N) is 1. The van der Waals surface area contributed by atoms with Crippen LogP contribution in [0.5, 0.6) is 5.75 Å². The van der Waals surface area contributed by atoms with E-state index in [1.807, 2.05) is 13.0 Å². The number of hydrogen-bond donors (Lipinski definition) is 1. The SMILES string of the molecule is COc1ccccc1C(=O)CCC(=O)Nc1nc(C)c(CN2CCC(C)CC2)s1. The van der Waals surface area contributed by atoms with E-state index in [2.05, 4.69) is 22.1 Å². The minimum Gasteiger partial charge on any atom is -0.496 e. The normalized spacial score (nSPS) is 15.3. The molecule has 0 bridgehead atoms. The first-order chi connectivity index (χ1) is 14.0. The summed E-state index contributed by atoms with van der Waals surface area (Å²) in [5.74, 6) is 1.04. The number of methoxy groups -OCH3 is 1. The summed E-state index contributed by atoms with van der Waals surface area (Å²) in [5, 5.41) is 3.46. The number of anilines is 1. The molecule has 0 saturated carbocycles. The zero-order valence-corrected chi connectivity index (χ0v) is 18.2. The molecule has 1 aliphatic heterocycles. The minimum atomic E-state index is -0.194. The molecule has 0 unspecified atom stereocenters. The molecule has 0 aliphatic carbocycles. The predicted octanol–water partition coefficient (Wildman–Crippen LogP) is 4.29. The lowest BCUT2D eigenvalue weighted by Crippen LogP contribution is -2.32. The number of carbonyl (C=O) groups is 2. The van der Waals surface area contributed by atoms with Crippen LogP contribution in [0, 0.1) is 12.8 Å².